The van der Waals surface area contributed by atoms with Gasteiger partial charge in [-0.25, -0.2) is 4.79 Å². The summed E-state index contributed by atoms with van der Waals surface area (Å²) in [6, 6.07) is 9.42. The van der Waals surface area contributed by atoms with Crippen molar-refractivity contribution < 1.29 is 9.53 Å². The van der Waals surface area contributed by atoms with Crippen LogP contribution < -0.4 is 0 Å². The van der Waals surface area contributed by atoms with Gasteiger partial charge >= 0.3 is 5.97 Å². The molecule has 0 atom stereocenters. The summed E-state index contributed by atoms with van der Waals surface area (Å²) in [5, 5.41) is 0. The second-order valence-electron chi connectivity index (χ2n) is 3.98. The summed E-state index contributed by atoms with van der Waals surface area (Å²) in [5.74, 6) is -0.330. The number of nitrogens with zero attached hydrogens (tertiary/aromatic N) is 1. The van der Waals surface area contributed by atoms with Gasteiger partial charge in [-0.3, -0.25) is 0 Å². The van der Waals surface area contributed by atoms with Crippen LogP contribution in [0.15, 0.2) is 55.4 Å². The molecule has 2 rings (SSSR count). The van der Waals surface area contributed by atoms with Crippen molar-refractivity contribution in [3.05, 3.63) is 66.5 Å². The minimum Gasteiger partial charge on any atom is -0.458 e. The van der Waals surface area contributed by atoms with E-state index in [-0.39, 0.29) is 12.6 Å². The van der Waals surface area contributed by atoms with Crippen molar-refractivity contribution in [2.75, 3.05) is 6.61 Å². The van der Waals surface area contributed by atoms with Gasteiger partial charge in [-0.15, -0.1) is 0 Å². The lowest BCUT2D eigenvalue weighted by molar-refractivity contribution is 0.0549. The highest BCUT2D eigenvalue weighted by atomic mass is 16.5. The fraction of sp³-hybridized carbons (Fsp3) is 0.133. The third-order valence-electron chi connectivity index (χ3n) is 2.66. The third kappa shape index (κ3) is 2.51. The second-order valence-corrected chi connectivity index (χ2v) is 3.98. The summed E-state index contributed by atoms with van der Waals surface area (Å²) in [6.45, 7) is 5.75. The van der Waals surface area contributed by atoms with E-state index in [1.165, 1.54) is 0 Å². The number of hydrogen-bond donors (Lipinski definition) is 0. The molecule has 0 unspecified atom stereocenters. The normalized spacial score (nSPS) is 10.1. The van der Waals surface area contributed by atoms with Gasteiger partial charge < -0.3 is 9.30 Å². The molecule has 0 aliphatic rings. The maximum absolute atomic E-state index is 11.8. The zero-order valence-corrected chi connectivity index (χ0v) is 10.3. The SMILES string of the molecule is C=CCOC(=O)c1ccc(C)c(-n2cccc2)c1. The van der Waals surface area contributed by atoms with Crippen molar-refractivity contribution in [3.63, 3.8) is 0 Å². The Kier molecular flexibility index (Phi) is 3.63. The maximum atomic E-state index is 11.8. The number of aryl methyl sites for hydroxylation is 1. The van der Waals surface area contributed by atoms with Gasteiger partial charge in [0.25, 0.3) is 0 Å². The van der Waals surface area contributed by atoms with Crippen molar-refractivity contribution in [1.29, 1.82) is 0 Å². The van der Waals surface area contributed by atoms with Crippen LogP contribution >= 0.6 is 0 Å². The van der Waals surface area contributed by atoms with E-state index in [2.05, 4.69) is 6.58 Å². The zero-order valence-electron chi connectivity index (χ0n) is 10.3. The smallest absolute Gasteiger partial charge is 0.338 e. The molecule has 1 aromatic heterocycles. The molecule has 92 valence electrons. The lowest BCUT2D eigenvalue weighted by atomic mass is 10.1. The molecule has 2 aromatic rings. The van der Waals surface area contributed by atoms with Crippen LogP contribution in [0.4, 0.5) is 0 Å². The molecule has 0 radical (unpaired) electrons. The van der Waals surface area contributed by atoms with Crippen molar-refractivity contribution in [2.45, 2.75) is 6.92 Å². The standard InChI is InChI=1S/C15H15NO2/c1-3-10-18-15(17)13-7-6-12(2)14(11-13)16-8-4-5-9-16/h3-9,11H,1,10H2,2H3. The molecule has 0 N–H and O–H groups in total. The number of carbonyl (C=O) groups is 1. The van der Waals surface area contributed by atoms with Crippen molar-refractivity contribution in [2.24, 2.45) is 0 Å². The minimum atomic E-state index is -0.330. The fourth-order valence-electron chi connectivity index (χ4n) is 1.73. The van der Waals surface area contributed by atoms with Crippen LogP contribution in [0.2, 0.25) is 0 Å². The minimum absolute atomic E-state index is 0.228. The van der Waals surface area contributed by atoms with E-state index in [0.717, 1.165) is 11.3 Å². The molecule has 0 fully saturated rings. The average Bonchev–Trinajstić information content (AvgIpc) is 2.90. The first-order valence-corrected chi connectivity index (χ1v) is 5.74. The van der Waals surface area contributed by atoms with Crippen LogP contribution in [0.5, 0.6) is 0 Å². The first-order chi connectivity index (χ1) is 8.72. The number of ether oxygens (including phenoxy) is 1. The number of esters is 1. The molecule has 0 bridgehead atoms. The Morgan fingerprint density at radius 3 is 2.78 bits per heavy atom. The first kappa shape index (κ1) is 12.2. The quantitative estimate of drug-likeness (QED) is 0.608. The van der Waals surface area contributed by atoms with Crippen LogP contribution in [0.25, 0.3) is 5.69 Å². The van der Waals surface area contributed by atoms with Gasteiger partial charge in [0.1, 0.15) is 6.61 Å². The van der Waals surface area contributed by atoms with E-state index in [9.17, 15) is 4.79 Å². The molecule has 0 aliphatic heterocycles. The summed E-state index contributed by atoms with van der Waals surface area (Å²) >= 11 is 0. The molecule has 1 heterocycles. The molecule has 0 aliphatic carbocycles. The largest absolute Gasteiger partial charge is 0.458 e. The van der Waals surface area contributed by atoms with Crippen LogP contribution in [0, 0.1) is 6.92 Å². The summed E-state index contributed by atoms with van der Waals surface area (Å²) < 4.78 is 7.00. The summed E-state index contributed by atoms with van der Waals surface area (Å²) in [6.07, 6.45) is 5.45. The number of benzene rings is 1. The topological polar surface area (TPSA) is 31.2 Å². The second kappa shape index (κ2) is 5.36. The highest BCUT2D eigenvalue weighted by Crippen LogP contribution is 2.17. The van der Waals surface area contributed by atoms with Gasteiger partial charge in [0.2, 0.25) is 0 Å². The summed E-state index contributed by atoms with van der Waals surface area (Å²) in [5.41, 5.74) is 2.63. The van der Waals surface area contributed by atoms with E-state index >= 15 is 0 Å². The fourth-order valence-corrected chi connectivity index (χ4v) is 1.73. The number of aromatic nitrogens is 1. The predicted octanol–water partition coefficient (Wildman–Crippen LogP) is 3.13. The van der Waals surface area contributed by atoms with Crippen molar-refractivity contribution in [3.8, 4) is 5.69 Å². The molecular formula is C15H15NO2. The van der Waals surface area contributed by atoms with E-state index in [1.807, 2.05) is 48.1 Å². The Morgan fingerprint density at radius 1 is 1.39 bits per heavy atom. The predicted molar refractivity (Wildman–Crippen MR) is 71.0 cm³/mol. The van der Waals surface area contributed by atoms with Gasteiger partial charge in [0.15, 0.2) is 0 Å². The molecule has 0 spiro atoms. The lowest BCUT2D eigenvalue weighted by Crippen LogP contribution is -2.06. The third-order valence-corrected chi connectivity index (χ3v) is 2.66. The Morgan fingerprint density at radius 2 is 2.11 bits per heavy atom. The molecule has 3 heteroatoms. The molecule has 0 saturated heterocycles. The van der Waals surface area contributed by atoms with Crippen molar-refractivity contribution >= 4 is 5.97 Å². The molecule has 1 aromatic carbocycles. The van der Waals surface area contributed by atoms with Crippen LogP contribution in [-0.4, -0.2) is 17.1 Å². The Labute approximate surface area is 106 Å². The molecule has 0 saturated carbocycles. The van der Waals surface area contributed by atoms with Crippen LogP contribution in [0.3, 0.4) is 0 Å². The highest BCUT2D eigenvalue weighted by molar-refractivity contribution is 5.90. The molecule has 3 nitrogen and oxygen atoms in total. The Hall–Kier alpha value is -2.29. The average molecular weight is 241 g/mol. The van der Waals surface area contributed by atoms with E-state index < -0.39 is 0 Å². The summed E-state index contributed by atoms with van der Waals surface area (Å²) in [7, 11) is 0. The molecule has 18 heavy (non-hydrogen) atoms. The van der Waals surface area contributed by atoms with E-state index in [4.69, 9.17) is 4.74 Å². The van der Waals surface area contributed by atoms with Gasteiger partial charge in [-0.05, 0) is 36.8 Å². The van der Waals surface area contributed by atoms with Crippen LogP contribution in [-0.2, 0) is 4.74 Å². The number of hydrogen-bond acceptors (Lipinski definition) is 2. The van der Waals surface area contributed by atoms with Crippen LogP contribution in [0.1, 0.15) is 15.9 Å². The zero-order chi connectivity index (χ0) is 13.0. The van der Waals surface area contributed by atoms with Gasteiger partial charge in [-0.2, -0.15) is 0 Å². The van der Waals surface area contributed by atoms with Crippen molar-refractivity contribution in [1.82, 2.24) is 4.57 Å². The van der Waals surface area contributed by atoms with Gasteiger partial charge in [0.05, 0.1) is 5.56 Å². The lowest BCUT2D eigenvalue weighted by Gasteiger charge is -2.09. The maximum Gasteiger partial charge on any atom is 0.338 e. The monoisotopic (exact) mass is 241 g/mol. The molecule has 0 amide bonds. The number of rotatable bonds is 4. The number of carbonyl (C=O) groups excluding carboxylic acids is 1. The first-order valence-electron chi connectivity index (χ1n) is 5.74. The van der Waals surface area contributed by atoms with E-state index in [0.29, 0.717) is 5.56 Å². The Bertz CT molecular complexity index is 556. The van der Waals surface area contributed by atoms with E-state index in [1.54, 1.807) is 12.1 Å². The van der Waals surface area contributed by atoms with Gasteiger partial charge in [0, 0.05) is 18.1 Å². The summed E-state index contributed by atoms with van der Waals surface area (Å²) in [4.78, 5) is 11.8. The molecular weight excluding hydrogens is 226 g/mol. The van der Waals surface area contributed by atoms with Gasteiger partial charge in [-0.1, -0.05) is 18.7 Å². The Balaban J connectivity index is 2.32. The highest BCUT2D eigenvalue weighted by Gasteiger charge is 2.09.